The van der Waals surface area contributed by atoms with Crippen molar-refractivity contribution < 1.29 is 14.6 Å². The van der Waals surface area contributed by atoms with Crippen molar-refractivity contribution >= 4 is 11.6 Å². The zero-order valence-corrected chi connectivity index (χ0v) is 11.3. The maximum atomic E-state index is 12.2. The van der Waals surface area contributed by atoms with Gasteiger partial charge in [-0.25, -0.2) is 0 Å². The number of aliphatic hydroxyl groups is 1. The summed E-state index contributed by atoms with van der Waals surface area (Å²) >= 11 is 0. The van der Waals surface area contributed by atoms with Crippen LogP contribution in [0, 0.1) is 0 Å². The Morgan fingerprint density at radius 3 is 3.05 bits per heavy atom. The zero-order chi connectivity index (χ0) is 13.8. The molecule has 0 spiro atoms. The summed E-state index contributed by atoms with van der Waals surface area (Å²) < 4.78 is 5.71. The molecule has 0 aromatic heterocycles. The first-order valence-electron chi connectivity index (χ1n) is 6.50. The Labute approximate surface area is 113 Å². The third-order valence-corrected chi connectivity index (χ3v) is 3.17. The minimum atomic E-state index is -0.506. The molecule has 1 aromatic carbocycles. The number of hydrogen-bond acceptors (Lipinski definition) is 4. The highest BCUT2D eigenvalue weighted by Crippen LogP contribution is 2.28. The number of rotatable bonds is 4. The Balaban J connectivity index is 1.95. The lowest BCUT2D eigenvalue weighted by atomic mass is 10.2. The molecular formula is C14H20N2O3. The maximum absolute atomic E-state index is 12.2. The number of carbonyl (C=O) groups is 1. The molecule has 0 fully saturated rings. The average Bonchev–Trinajstić information content (AvgIpc) is 2.43. The van der Waals surface area contributed by atoms with Crippen molar-refractivity contribution in [3.05, 3.63) is 24.3 Å². The van der Waals surface area contributed by atoms with E-state index in [1.807, 2.05) is 24.3 Å². The van der Waals surface area contributed by atoms with Gasteiger partial charge in [-0.15, -0.1) is 0 Å². The molecule has 19 heavy (non-hydrogen) atoms. The van der Waals surface area contributed by atoms with E-state index in [0.29, 0.717) is 25.3 Å². The lowest BCUT2D eigenvalue weighted by Gasteiger charge is -2.29. The number of nitrogens with zero attached hydrogens (tertiary/aromatic N) is 1. The second kappa shape index (κ2) is 5.93. The number of benzene rings is 1. The Bertz CT molecular complexity index is 448. The van der Waals surface area contributed by atoms with E-state index < -0.39 is 12.2 Å². The van der Waals surface area contributed by atoms with Crippen molar-refractivity contribution in [1.82, 2.24) is 4.90 Å². The summed E-state index contributed by atoms with van der Waals surface area (Å²) in [4.78, 5) is 13.8. The summed E-state index contributed by atoms with van der Waals surface area (Å²) in [7, 11) is 1.73. The van der Waals surface area contributed by atoms with Crippen molar-refractivity contribution in [2.24, 2.45) is 0 Å². The molecular weight excluding hydrogens is 244 g/mol. The molecule has 2 N–H and O–H groups in total. The third-order valence-electron chi connectivity index (χ3n) is 3.17. The van der Waals surface area contributed by atoms with E-state index in [-0.39, 0.29) is 5.91 Å². The fourth-order valence-corrected chi connectivity index (χ4v) is 1.99. The Morgan fingerprint density at radius 2 is 2.32 bits per heavy atom. The highest BCUT2D eigenvalue weighted by Gasteiger charge is 2.28. The molecule has 2 unspecified atom stereocenters. The van der Waals surface area contributed by atoms with Gasteiger partial charge in [-0.05, 0) is 25.5 Å². The lowest BCUT2D eigenvalue weighted by Crippen LogP contribution is -2.46. The fourth-order valence-electron chi connectivity index (χ4n) is 1.99. The molecule has 1 amide bonds. The number of amides is 1. The summed E-state index contributed by atoms with van der Waals surface area (Å²) in [6.45, 7) is 2.71. The van der Waals surface area contributed by atoms with E-state index >= 15 is 0 Å². The van der Waals surface area contributed by atoms with Gasteiger partial charge in [0.05, 0.1) is 18.3 Å². The molecule has 0 saturated heterocycles. The first-order valence-corrected chi connectivity index (χ1v) is 6.50. The molecule has 0 radical (unpaired) electrons. The topological polar surface area (TPSA) is 61.8 Å². The number of para-hydroxylation sites is 2. The Morgan fingerprint density at radius 1 is 1.58 bits per heavy atom. The summed E-state index contributed by atoms with van der Waals surface area (Å²) in [6, 6.07) is 7.57. The number of likely N-dealkylation sites (N-methyl/N-ethyl adjacent to an activating group) is 1. The molecule has 1 aliphatic rings. The molecule has 5 nitrogen and oxygen atoms in total. The highest BCUT2D eigenvalue weighted by molar-refractivity contribution is 5.83. The first-order chi connectivity index (χ1) is 9.08. The van der Waals surface area contributed by atoms with Crippen molar-refractivity contribution in [3.8, 4) is 5.75 Å². The van der Waals surface area contributed by atoms with Crippen LogP contribution in [-0.4, -0.2) is 48.3 Å². The molecule has 1 heterocycles. The van der Waals surface area contributed by atoms with Gasteiger partial charge in [0.1, 0.15) is 5.75 Å². The Hall–Kier alpha value is -1.75. The molecule has 1 aromatic rings. The number of hydrogen-bond donors (Lipinski definition) is 2. The minimum absolute atomic E-state index is 0.0670. The summed E-state index contributed by atoms with van der Waals surface area (Å²) in [5.41, 5.74) is 0.915. The maximum Gasteiger partial charge on any atom is 0.265 e. The van der Waals surface area contributed by atoms with E-state index in [1.54, 1.807) is 18.9 Å². The van der Waals surface area contributed by atoms with Crippen LogP contribution in [0.15, 0.2) is 24.3 Å². The van der Waals surface area contributed by atoms with Crippen LogP contribution in [0.4, 0.5) is 5.69 Å². The second-order valence-electron chi connectivity index (χ2n) is 4.88. The van der Waals surface area contributed by atoms with Gasteiger partial charge >= 0.3 is 0 Å². The van der Waals surface area contributed by atoms with Crippen LogP contribution in [0.5, 0.6) is 5.75 Å². The van der Waals surface area contributed by atoms with Gasteiger partial charge in [0.15, 0.2) is 6.10 Å². The average molecular weight is 264 g/mol. The van der Waals surface area contributed by atoms with Crippen molar-refractivity contribution in [1.29, 1.82) is 0 Å². The SMILES string of the molecule is CC(O)CCN(C)C(=O)C1CNc2ccccc2O1. The number of carbonyl (C=O) groups excluding carboxylic acids is 1. The van der Waals surface area contributed by atoms with E-state index in [1.165, 1.54) is 0 Å². The predicted octanol–water partition coefficient (Wildman–Crippen LogP) is 1.09. The normalized spacial score (nSPS) is 18.8. The van der Waals surface area contributed by atoms with Gasteiger partial charge < -0.3 is 20.1 Å². The number of nitrogens with one attached hydrogen (secondary N) is 1. The molecule has 0 aliphatic carbocycles. The largest absolute Gasteiger partial charge is 0.477 e. The molecule has 0 bridgehead atoms. The molecule has 1 aliphatic heterocycles. The van der Waals surface area contributed by atoms with Crippen LogP contribution >= 0.6 is 0 Å². The van der Waals surface area contributed by atoms with Gasteiger partial charge in [-0.3, -0.25) is 4.79 Å². The van der Waals surface area contributed by atoms with Crippen LogP contribution in [0.2, 0.25) is 0 Å². The number of anilines is 1. The number of aliphatic hydroxyl groups excluding tert-OH is 1. The highest BCUT2D eigenvalue weighted by atomic mass is 16.5. The molecule has 2 rings (SSSR count). The standard InChI is InChI=1S/C14H20N2O3/c1-10(17)7-8-16(2)14(18)13-9-15-11-5-3-4-6-12(11)19-13/h3-6,10,13,15,17H,7-9H2,1-2H3. The van der Waals surface area contributed by atoms with Crippen LogP contribution in [0.1, 0.15) is 13.3 Å². The summed E-state index contributed by atoms with van der Waals surface area (Å²) in [5, 5.41) is 12.4. The second-order valence-corrected chi connectivity index (χ2v) is 4.88. The number of ether oxygens (including phenoxy) is 1. The quantitative estimate of drug-likeness (QED) is 0.854. The van der Waals surface area contributed by atoms with E-state index in [4.69, 9.17) is 4.74 Å². The minimum Gasteiger partial charge on any atom is -0.477 e. The van der Waals surface area contributed by atoms with Crippen LogP contribution < -0.4 is 10.1 Å². The Kier molecular flexibility index (Phi) is 4.27. The van der Waals surface area contributed by atoms with Crippen LogP contribution in [0.25, 0.3) is 0 Å². The van der Waals surface area contributed by atoms with Gasteiger partial charge in [0.2, 0.25) is 0 Å². The van der Waals surface area contributed by atoms with Crippen LogP contribution in [-0.2, 0) is 4.79 Å². The zero-order valence-electron chi connectivity index (χ0n) is 11.3. The summed E-state index contributed by atoms with van der Waals surface area (Å²) in [5.74, 6) is 0.638. The van der Waals surface area contributed by atoms with Crippen molar-refractivity contribution in [3.63, 3.8) is 0 Å². The summed E-state index contributed by atoms with van der Waals surface area (Å²) in [6.07, 6.45) is -0.339. The van der Waals surface area contributed by atoms with E-state index in [0.717, 1.165) is 5.69 Å². The monoisotopic (exact) mass is 264 g/mol. The molecule has 0 saturated carbocycles. The predicted molar refractivity (Wildman–Crippen MR) is 73.3 cm³/mol. The lowest BCUT2D eigenvalue weighted by molar-refractivity contribution is -0.137. The van der Waals surface area contributed by atoms with Gasteiger partial charge in [-0.1, -0.05) is 12.1 Å². The third kappa shape index (κ3) is 3.38. The van der Waals surface area contributed by atoms with E-state index in [2.05, 4.69) is 5.32 Å². The van der Waals surface area contributed by atoms with Crippen molar-refractivity contribution in [2.45, 2.75) is 25.6 Å². The fraction of sp³-hybridized carbons (Fsp3) is 0.500. The molecule has 5 heteroatoms. The van der Waals surface area contributed by atoms with Gasteiger partial charge in [0, 0.05) is 13.6 Å². The molecule has 2 atom stereocenters. The van der Waals surface area contributed by atoms with E-state index in [9.17, 15) is 9.90 Å². The van der Waals surface area contributed by atoms with Crippen LogP contribution in [0.3, 0.4) is 0 Å². The number of fused-ring (bicyclic) bond motifs is 1. The van der Waals surface area contributed by atoms with Crippen molar-refractivity contribution in [2.75, 3.05) is 25.5 Å². The molecule has 104 valence electrons. The van der Waals surface area contributed by atoms with Gasteiger partial charge in [0.25, 0.3) is 5.91 Å². The smallest absolute Gasteiger partial charge is 0.265 e. The first kappa shape index (κ1) is 13.7. The van der Waals surface area contributed by atoms with Gasteiger partial charge in [-0.2, -0.15) is 0 Å².